The third-order valence-electron chi connectivity index (χ3n) is 4.51. The van der Waals surface area contributed by atoms with E-state index in [1.807, 2.05) is 0 Å². The molecule has 10 heteroatoms. The van der Waals surface area contributed by atoms with Crippen LogP contribution in [0.4, 0.5) is 4.39 Å². The van der Waals surface area contributed by atoms with Crippen molar-refractivity contribution in [1.29, 1.82) is 0 Å². The van der Waals surface area contributed by atoms with Crippen molar-refractivity contribution in [2.75, 3.05) is 20.2 Å². The van der Waals surface area contributed by atoms with Gasteiger partial charge in [0.2, 0.25) is 20.0 Å². The normalized spacial score (nSPS) is 15.6. The number of hydrogen-bond donors (Lipinski definition) is 1. The van der Waals surface area contributed by atoms with E-state index in [1.165, 1.54) is 29.6 Å². The van der Waals surface area contributed by atoms with Gasteiger partial charge in [0.1, 0.15) is 16.5 Å². The number of hydrogen-bond acceptors (Lipinski definition) is 5. The number of sulfonamides is 2. The monoisotopic (exact) mass is 428 g/mol. The molecule has 0 aromatic heterocycles. The fourth-order valence-electron chi connectivity index (χ4n) is 2.97. The summed E-state index contributed by atoms with van der Waals surface area (Å²) in [5, 5.41) is 0. The molecule has 1 heterocycles. The molecule has 7 nitrogen and oxygen atoms in total. The second-order valence-corrected chi connectivity index (χ2v) is 10.0. The van der Waals surface area contributed by atoms with Crippen molar-refractivity contribution < 1.29 is 26.0 Å². The van der Waals surface area contributed by atoms with Crippen molar-refractivity contribution >= 4 is 20.0 Å². The summed E-state index contributed by atoms with van der Waals surface area (Å²) in [7, 11) is -6.24. The van der Waals surface area contributed by atoms with Crippen molar-refractivity contribution in [3.05, 3.63) is 53.8 Å². The first kappa shape index (κ1) is 20.7. The molecule has 0 saturated carbocycles. The number of methoxy groups -OCH3 is 1. The van der Waals surface area contributed by atoms with Crippen molar-refractivity contribution in [3.63, 3.8) is 0 Å². The van der Waals surface area contributed by atoms with E-state index in [2.05, 4.69) is 4.72 Å². The van der Waals surface area contributed by atoms with E-state index in [9.17, 15) is 21.2 Å². The Labute approximate surface area is 164 Å². The van der Waals surface area contributed by atoms with Crippen LogP contribution >= 0.6 is 0 Å². The highest BCUT2D eigenvalue weighted by molar-refractivity contribution is 7.89. The third kappa shape index (κ3) is 4.35. The summed E-state index contributed by atoms with van der Waals surface area (Å²) in [6.45, 7) is 0.949. The summed E-state index contributed by atoms with van der Waals surface area (Å²) < 4.78 is 72.2. The molecule has 1 aliphatic rings. The van der Waals surface area contributed by atoms with E-state index in [1.54, 1.807) is 12.1 Å². The van der Waals surface area contributed by atoms with Crippen LogP contribution in [0, 0.1) is 5.82 Å². The summed E-state index contributed by atoms with van der Waals surface area (Å²) in [6.07, 6.45) is 1.70. The van der Waals surface area contributed by atoms with Crippen LogP contribution in [0.3, 0.4) is 0 Å². The van der Waals surface area contributed by atoms with E-state index < -0.39 is 25.9 Å². The zero-order chi connectivity index (χ0) is 20.4. The maximum Gasteiger partial charge on any atom is 0.244 e. The van der Waals surface area contributed by atoms with E-state index in [-0.39, 0.29) is 22.1 Å². The molecule has 2 aromatic rings. The molecule has 3 rings (SSSR count). The maximum absolute atomic E-state index is 13.5. The Bertz CT molecular complexity index is 1050. The van der Waals surface area contributed by atoms with Crippen molar-refractivity contribution in [3.8, 4) is 5.75 Å². The van der Waals surface area contributed by atoms with Crippen LogP contribution in [0.15, 0.2) is 52.3 Å². The zero-order valence-corrected chi connectivity index (χ0v) is 16.9. The molecule has 28 heavy (non-hydrogen) atoms. The van der Waals surface area contributed by atoms with Gasteiger partial charge in [-0.3, -0.25) is 0 Å². The highest BCUT2D eigenvalue weighted by Gasteiger charge is 2.27. The predicted octanol–water partition coefficient (Wildman–Crippen LogP) is 2.10. The smallest absolute Gasteiger partial charge is 0.244 e. The SMILES string of the molecule is COc1ccc(F)cc1S(=O)(=O)NCc1ccc(S(=O)(=O)N2CCCC2)cc1. The Morgan fingerprint density at radius 3 is 2.29 bits per heavy atom. The lowest BCUT2D eigenvalue weighted by atomic mass is 10.2. The lowest BCUT2D eigenvalue weighted by Gasteiger charge is -2.15. The second-order valence-electron chi connectivity index (χ2n) is 6.37. The fraction of sp³-hybridized carbons (Fsp3) is 0.333. The van der Waals surface area contributed by atoms with Crippen LogP contribution in [0.2, 0.25) is 0 Å². The van der Waals surface area contributed by atoms with Gasteiger partial charge in [-0.1, -0.05) is 12.1 Å². The molecular weight excluding hydrogens is 407 g/mol. The van der Waals surface area contributed by atoms with Gasteiger partial charge in [0.05, 0.1) is 12.0 Å². The van der Waals surface area contributed by atoms with Crippen molar-refractivity contribution in [2.24, 2.45) is 0 Å². The van der Waals surface area contributed by atoms with Crippen LogP contribution in [0.5, 0.6) is 5.75 Å². The van der Waals surface area contributed by atoms with Gasteiger partial charge in [0.15, 0.2) is 0 Å². The van der Waals surface area contributed by atoms with Gasteiger partial charge in [-0.15, -0.1) is 0 Å². The number of benzene rings is 2. The molecular formula is C18H21FN2O5S2. The molecule has 0 atom stereocenters. The molecule has 1 aliphatic heterocycles. The van der Waals surface area contributed by atoms with Crippen LogP contribution in [0.25, 0.3) is 0 Å². The summed E-state index contributed by atoms with van der Waals surface area (Å²) in [5.74, 6) is -0.668. The largest absolute Gasteiger partial charge is 0.495 e. The minimum atomic E-state index is -4.02. The third-order valence-corrected chi connectivity index (χ3v) is 7.84. The average Bonchev–Trinajstić information content (AvgIpc) is 3.22. The molecule has 0 aliphatic carbocycles. The van der Waals surface area contributed by atoms with Gasteiger partial charge in [-0.2, -0.15) is 4.31 Å². The molecule has 0 amide bonds. The second kappa shape index (κ2) is 8.16. The number of ether oxygens (including phenoxy) is 1. The zero-order valence-electron chi connectivity index (χ0n) is 15.3. The first-order valence-electron chi connectivity index (χ1n) is 8.66. The van der Waals surface area contributed by atoms with Gasteiger partial charge in [0, 0.05) is 19.6 Å². The number of rotatable bonds is 7. The van der Waals surface area contributed by atoms with Crippen molar-refractivity contribution in [2.45, 2.75) is 29.2 Å². The predicted molar refractivity (Wildman–Crippen MR) is 101 cm³/mol. The first-order chi connectivity index (χ1) is 13.2. The van der Waals surface area contributed by atoms with Crippen LogP contribution in [-0.2, 0) is 26.6 Å². The van der Waals surface area contributed by atoms with Crippen LogP contribution < -0.4 is 9.46 Å². The van der Waals surface area contributed by atoms with Gasteiger partial charge < -0.3 is 4.74 Å². The molecule has 1 N–H and O–H groups in total. The molecule has 1 saturated heterocycles. The molecule has 2 aromatic carbocycles. The molecule has 0 radical (unpaired) electrons. The summed E-state index contributed by atoms with van der Waals surface area (Å²) >= 11 is 0. The van der Waals surface area contributed by atoms with E-state index >= 15 is 0 Å². The fourth-order valence-corrected chi connectivity index (χ4v) is 5.69. The summed E-state index contributed by atoms with van der Waals surface area (Å²) in [4.78, 5) is -0.129. The Hall–Kier alpha value is -2.01. The summed E-state index contributed by atoms with van der Waals surface area (Å²) in [6, 6.07) is 9.24. The number of nitrogens with one attached hydrogen (secondary N) is 1. The molecule has 0 bridgehead atoms. The molecule has 1 fully saturated rings. The maximum atomic E-state index is 13.5. The molecule has 0 unspecified atom stereocenters. The highest BCUT2D eigenvalue weighted by atomic mass is 32.2. The van der Waals surface area contributed by atoms with Gasteiger partial charge in [0.25, 0.3) is 0 Å². The Balaban J connectivity index is 1.74. The standard InChI is InChI=1S/C18H21FN2O5S2/c1-26-17-9-6-15(19)12-18(17)27(22,23)20-13-14-4-7-16(8-5-14)28(24,25)21-10-2-3-11-21/h4-9,12,20H,2-3,10-11,13H2,1H3. The molecule has 152 valence electrons. The topological polar surface area (TPSA) is 92.8 Å². The number of halogens is 1. The Kier molecular flexibility index (Phi) is 6.04. The summed E-state index contributed by atoms with van der Waals surface area (Å²) in [5.41, 5.74) is 0.569. The highest BCUT2D eigenvalue weighted by Crippen LogP contribution is 2.25. The Morgan fingerprint density at radius 2 is 1.68 bits per heavy atom. The minimum absolute atomic E-state index is 0.0287. The van der Waals surface area contributed by atoms with Crippen LogP contribution in [0.1, 0.15) is 18.4 Å². The van der Waals surface area contributed by atoms with Crippen LogP contribution in [-0.4, -0.2) is 41.3 Å². The van der Waals surface area contributed by atoms with Gasteiger partial charge in [-0.05, 0) is 48.7 Å². The molecule has 0 spiro atoms. The van der Waals surface area contributed by atoms with Crippen molar-refractivity contribution in [1.82, 2.24) is 9.03 Å². The lowest BCUT2D eigenvalue weighted by molar-refractivity contribution is 0.400. The quantitative estimate of drug-likeness (QED) is 0.729. The lowest BCUT2D eigenvalue weighted by Crippen LogP contribution is -2.28. The van der Waals surface area contributed by atoms with E-state index in [0.717, 1.165) is 25.0 Å². The van der Waals surface area contributed by atoms with Gasteiger partial charge >= 0.3 is 0 Å². The van der Waals surface area contributed by atoms with Gasteiger partial charge in [-0.25, -0.2) is 25.9 Å². The average molecular weight is 429 g/mol. The van der Waals surface area contributed by atoms with E-state index in [4.69, 9.17) is 4.74 Å². The number of nitrogens with zero attached hydrogens (tertiary/aromatic N) is 1. The van der Waals surface area contributed by atoms with E-state index in [0.29, 0.717) is 18.7 Å². The first-order valence-corrected chi connectivity index (χ1v) is 11.6. The Morgan fingerprint density at radius 1 is 1.04 bits per heavy atom. The minimum Gasteiger partial charge on any atom is -0.495 e.